The number of methoxy groups -OCH3 is 1. The van der Waals surface area contributed by atoms with Crippen molar-refractivity contribution in [2.24, 2.45) is 0 Å². The van der Waals surface area contributed by atoms with E-state index >= 15 is 0 Å². The van der Waals surface area contributed by atoms with E-state index in [0.717, 1.165) is 29.1 Å². The molecule has 1 atom stereocenters. The van der Waals surface area contributed by atoms with Crippen molar-refractivity contribution in [3.05, 3.63) is 59.7 Å². The number of hydrogen-bond acceptors (Lipinski definition) is 4. The van der Waals surface area contributed by atoms with Gasteiger partial charge in [-0.1, -0.05) is 50.1 Å². The Labute approximate surface area is 196 Å². The molecule has 0 saturated carbocycles. The van der Waals surface area contributed by atoms with Gasteiger partial charge in [-0.2, -0.15) is 0 Å². The van der Waals surface area contributed by atoms with Crippen molar-refractivity contribution in [1.29, 1.82) is 0 Å². The first-order chi connectivity index (χ1) is 15.5. The minimum atomic E-state index is -0.481. The van der Waals surface area contributed by atoms with E-state index < -0.39 is 6.04 Å². The number of carbonyl (C=O) groups is 2. The van der Waals surface area contributed by atoms with Crippen LogP contribution in [-0.4, -0.2) is 42.2 Å². The van der Waals surface area contributed by atoms with Gasteiger partial charge in [0.05, 0.1) is 7.11 Å². The second-order valence-corrected chi connectivity index (χ2v) is 9.02. The Balaban J connectivity index is 2.09. The number of hydrogen-bond donors (Lipinski definition) is 1. The van der Waals surface area contributed by atoms with Crippen LogP contribution in [0.5, 0.6) is 5.75 Å². The van der Waals surface area contributed by atoms with Gasteiger partial charge < -0.3 is 15.0 Å². The predicted molar refractivity (Wildman–Crippen MR) is 132 cm³/mol. The molecular formula is C26H36N2O3S. The summed E-state index contributed by atoms with van der Waals surface area (Å²) >= 11 is 1.67. The summed E-state index contributed by atoms with van der Waals surface area (Å²) in [5, 5.41) is 3.00. The van der Waals surface area contributed by atoms with Gasteiger partial charge in [-0.05, 0) is 49.6 Å². The first-order valence-corrected chi connectivity index (χ1v) is 12.4. The van der Waals surface area contributed by atoms with Crippen LogP contribution in [0.2, 0.25) is 0 Å². The molecule has 2 amide bonds. The third kappa shape index (κ3) is 8.23. The van der Waals surface area contributed by atoms with E-state index in [-0.39, 0.29) is 11.8 Å². The zero-order chi connectivity index (χ0) is 23.3. The number of rotatable bonds is 13. The smallest absolute Gasteiger partial charge is 0.242 e. The lowest BCUT2D eigenvalue weighted by atomic mass is 10.1. The van der Waals surface area contributed by atoms with Crippen LogP contribution in [0.15, 0.2) is 53.4 Å². The molecule has 0 aliphatic heterocycles. The van der Waals surface area contributed by atoms with Crippen LogP contribution in [0, 0.1) is 6.92 Å². The fraction of sp³-hybridized carbons (Fsp3) is 0.462. The highest BCUT2D eigenvalue weighted by Gasteiger charge is 2.28. The molecule has 5 nitrogen and oxygen atoms in total. The highest BCUT2D eigenvalue weighted by molar-refractivity contribution is 7.99. The molecule has 0 heterocycles. The van der Waals surface area contributed by atoms with Crippen molar-refractivity contribution >= 4 is 23.6 Å². The highest BCUT2D eigenvalue weighted by Crippen LogP contribution is 2.21. The average Bonchev–Trinajstić information content (AvgIpc) is 2.80. The molecule has 0 aliphatic carbocycles. The molecule has 1 N–H and O–H groups in total. The van der Waals surface area contributed by atoms with E-state index in [1.54, 1.807) is 23.8 Å². The number of aryl methyl sites for hydroxylation is 1. The van der Waals surface area contributed by atoms with Gasteiger partial charge in [0.2, 0.25) is 11.8 Å². The van der Waals surface area contributed by atoms with Crippen molar-refractivity contribution < 1.29 is 14.3 Å². The molecule has 6 heteroatoms. The molecular weight excluding hydrogens is 420 g/mol. The fourth-order valence-electron chi connectivity index (χ4n) is 3.39. The molecule has 0 saturated heterocycles. The van der Waals surface area contributed by atoms with E-state index in [9.17, 15) is 9.59 Å². The van der Waals surface area contributed by atoms with Crippen LogP contribution < -0.4 is 10.1 Å². The summed E-state index contributed by atoms with van der Waals surface area (Å²) in [6, 6.07) is 15.5. The average molecular weight is 457 g/mol. The molecule has 2 aromatic carbocycles. The normalized spacial score (nSPS) is 11.6. The second-order valence-electron chi connectivity index (χ2n) is 7.85. The Morgan fingerprint density at radius 3 is 2.34 bits per heavy atom. The van der Waals surface area contributed by atoms with Gasteiger partial charge in [0.25, 0.3) is 0 Å². The summed E-state index contributed by atoms with van der Waals surface area (Å²) in [5.74, 6) is 1.37. The van der Waals surface area contributed by atoms with E-state index in [1.165, 1.54) is 5.56 Å². The van der Waals surface area contributed by atoms with E-state index in [1.807, 2.05) is 31.2 Å². The summed E-state index contributed by atoms with van der Waals surface area (Å²) in [6.45, 7) is 7.15. The Kier molecular flexibility index (Phi) is 11.2. The molecule has 2 aromatic rings. The van der Waals surface area contributed by atoms with Crippen molar-refractivity contribution in [1.82, 2.24) is 10.2 Å². The summed E-state index contributed by atoms with van der Waals surface area (Å²) in [6.07, 6.45) is 2.90. The standard InChI is InChI=1S/C26H36N2O3S/c1-5-7-17-27-26(30)24(6-2)28(19-21-10-12-22(31-4)13-11-21)25(29)16-18-32-23-14-8-20(3)9-15-23/h8-15,24H,5-7,16-19H2,1-4H3,(H,27,30)/t24-/m0/s1. The van der Waals surface area contributed by atoms with Crippen LogP contribution in [0.4, 0.5) is 0 Å². The number of carbonyl (C=O) groups excluding carboxylic acids is 2. The van der Waals surface area contributed by atoms with E-state index in [2.05, 4.69) is 43.4 Å². The largest absolute Gasteiger partial charge is 0.497 e. The van der Waals surface area contributed by atoms with Crippen molar-refractivity contribution in [2.45, 2.75) is 63.9 Å². The van der Waals surface area contributed by atoms with Crippen LogP contribution in [0.25, 0.3) is 0 Å². The van der Waals surface area contributed by atoms with Crippen molar-refractivity contribution in [3.63, 3.8) is 0 Å². The summed E-state index contributed by atoms with van der Waals surface area (Å²) < 4.78 is 5.24. The van der Waals surface area contributed by atoms with Crippen molar-refractivity contribution in [3.8, 4) is 5.75 Å². The van der Waals surface area contributed by atoms with Gasteiger partial charge >= 0.3 is 0 Å². The van der Waals surface area contributed by atoms with Crippen molar-refractivity contribution in [2.75, 3.05) is 19.4 Å². The quantitative estimate of drug-likeness (QED) is 0.332. The molecule has 0 spiro atoms. The van der Waals surface area contributed by atoms with Crippen LogP contribution >= 0.6 is 11.8 Å². The molecule has 0 aromatic heterocycles. The third-order valence-corrected chi connectivity index (χ3v) is 6.35. The van der Waals surface area contributed by atoms with Crippen LogP contribution in [-0.2, 0) is 16.1 Å². The number of thioether (sulfide) groups is 1. The summed E-state index contributed by atoms with van der Waals surface area (Å²) in [7, 11) is 1.63. The Hall–Kier alpha value is -2.47. The van der Waals surface area contributed by atoms with Gasteiger partial charge in [-0.25, -0.2) is 0 Å². The SMILES string of the molecule is CCCCNC(=O)[C@H](CC)N(Cc1ccc(OC)cc1)C(=O)CCSc1ccc(C)cc1. The lowest BCUT2D eigenvalue weighted by Gasteiger charge is -2.30. The summed E-state index contributed by atoms with van der Waals surface area (Å²) in [4.78, 5) is 29.0. The number of nitrogens with zero attached hydrogens (tertiary/aromatic N) is 1. The number of ether oxygens (including phenoxy) is 1. The van der Waals surface area contributed by atoms with Crippen LogP contribution in [0.3, 0.4) is 0 Å². The molecule has 174 valence electrons. The second kappa shape index (κ2) is 13.8. The van der Waals surface area contributed by atoms with Gasteiger partial charge in [-0.3, -0.25) is 9.59 Å². The predicted octanol–water partition coefficient (Wildman–Crippen LogP) is 5.21. The molecule has 2 rings (SSSR count). The molecule has 0 fully saturated rings. The Bertz CT molecular complexity index is 837. The Morgan fingerprint density at radius 2 is 1.75 bits per heavy atom. The topological polar surface area (TPSA) is 58.6 Å². The van der Waals surface area contributed by atoms with Gasteiger partial charge in [0, 0.05) is 30.2 Å². The lowest BCUT2D eigenvalue weighted by Crippen LogP contribution is -2.49. The van der Waals surface area contributed by atoms with Gasteiger partial charge in [0.15, 0.2) is 0 Å². The zero-order valence-corrected chi connectivity index (χ0v) is 20.5. The zero-order valence-electron chi connectivity index (χ0n) is 19.7. The summed E-state index contributed by atoms with van der Waals surface area (Å²) in [5.41, 5.74) is 2.20. The highest BCUT2D eigenvalue weighted by atomic mass is 32.2. The molecule has 32 heavy (non-hydrogen) atoms. The Morgan fingerprint density at radius 1 is 1.06 bits per heavy atom. The van der Waals surface area contributed by atoms with Crippen LogP contribution in [0.1, 0.15) is 50.7 Å². The first-order valence-electron chi connectivity index (χ1n) is 11.4. The third-order valence-electron chi connectivity index (χ3n) is 5.33. The number of nitrogens with one attached hydrogen (secondary N) is 1. The molecule has 0 radical (unpaired) electrons. The van der Waals surface area contributed by atoms with Gasteiger partial charge in [-0.15, -0.1) is 11.8 Å². The number of benzene rings is 2. The fourth-order valence-corrected chi connectivity index (χ4v) is 4.23. The lowest BCUT2D eigenvalue weighted by molar-refractivity contribution is -0.141. The maximum absolute atomic E-state index is 13.3. The minimum absolute atomic E-state index is 0.00192. The molecule has 0 bridgehead atoms. The molecule has 0 aliphatic rings. The maximum Gasteiger partial charge on any atom is 0.242 e. The van der Waals surface area contributed by atoms with E-state index in [4.69, 9.17) is 4.74 Å². The monoisotopic (exact) mass is 456 g/mol. The molecule has 0 unspecified atom stereocenters. The maximum atomic E-state index is 13.3. The first kappa shape index (κ1) is 25.8. The minimum Gasteiger partial charge on any atom is -0.497 e. The number of unbranched alkanes of at least 4 members (excludes halogenated alkanes) is 1. The number of amides is 2. The van der Waals surface area contributed by atoms with Gasteiger partial charge in [0.1, 0.15) is 11.8 Å². The van der Waals surface area contributed by atoms with E-state index in [0.29, 0.717) is 31.7 Å².